The van der Waals surface area contributed by atoms with Gasteiger partial charge in [0.2, 0.25) is 25.0 Å². The molecule has 4 rings (SSSR count). The maximum absolute atomic E-state index is 13.1. The van der Waals surface area contributed by atoms with Gasteiger partial charge in [-0.05, 0) is 55.0 Å². The number of sulfonamides is 1. The second kappa shape index (κ2) is 10.6. The average molecular weight is 549 g/mol. The van der Waals surface area contributed by atoms with Gasteiger partial charge in [0.25, 0.3) is 5.91 Å². The number of carbonyl (C=O) groups excluding carboxylic acids is 1. The first-order chi connectivity index (χ1) is 17.0. The third-order valence-corrected chi connectivity index (χ3v) is 9.01. The van der Waals surface area contributed by atoms with Crippen LogP contribution in [-0.2, 0) is 26.3 Å². The van der Waals surface area contributed by atoms with Crippen LogP contribution in [0.15, 0.2) is 70.8 Å². The number of anilines is 1. The molecule has 1 aromatic heterocycles. The standard InChI is InChI=1S/C24H25ClN4O5S2/c1-35(31,32)24-26-16-21(25)22(28-24)23(30)27-19-7-9-20(10-8-19)36(33,34)29-13-11-18(12-14-29)15-17-5-3-2-4-6-17/h2-10,16,18H,11-15H2,1H3,(H,27,30). The molecule has 0 unspecified atom stereocenters. The molecule has 1 aliphatic rings. The zero-order valence-electron chi connectivity index (χ0n) is 19.5. The van der Waals surface area contributed by atoms with E-state index >= 15 is 0 Å². The van der Waals surface area contributed by atoms with E-state index in [0.717, 1.165) is 31.7 Å². The van der Waals surface area contributed by atoms with Crippen LogP contribution in [0.3, 0.4) is 0 Å². The molecular formula is C24H25ClN4O5S2. The van der Waals surface area contributed by atoms with Crippen LogP contribution in [0, 0.1) is 5.92 Å². The highest BCUT2D eigenvalue weighted by molar-refractivity contribution is 7.90. The molecule has 1 fully saturated rings. The number of benzene rings is 2. The van der Waals surface area contributed by atoms with E-state index in [2.05, 4.69) is 27.4 Å². The Balaban J connectivity index is 1.40. The van der Waals surface area contributed by atoms with Gasteiger partial charge in [-0.25, -0.2) is 26.8 Å². The lowest BCUT2D eigenvalue weighted by Crippen LogP contribution is -2.38. The van der Waals surface area contributed by atoms with Crippen molar-refractivity contribution in [3.63, 3.8) is 0 Å². The van der Waals surface area contributed by atoms with Crippen molar-refractivity contribution in [2.75, 3.05) is 24.7 Å². The van der Waals surface area contributed by atoms with Gasteiger partial charge in [-0.1, -0.05) is 41.9 Å². The predicted octanol–water partition coefficient (Wildman–Crippen LogP) is 3.43. The van der Waals surface area contributed by atoms with Crippen LogP contribution in [0.25, 0.3) is 0 Å². The zero-order valence-corrected chi connectivity index (χ0v) is 21.9. The smallest absolute Gasteiger partial charge is 0.275 e. The fraction of sp³-hybridized carbons (Fsp3) is 0.292. The summed E-state index contributed by atoms with van der Waals surface area (Å²) < 4.78 is 51.1. The molecule has 2 aromatic carbocycles. The summed E-state index contributed by atoms with van der Waals surface area (Å²) >= 11 is 5.97. The van der Waals surface area contributed by atoms with Crippen LogP contribution < -0.4 is 5.32 Å². The van der Waals surface area contributed by atoms with Crippen molar-refractivity contribution in [1.29, 1.82) is 0 Å². The molecule has 1 aliphatic heterocycles. The summed E-state index contributed by atoms with van der Waals surface area (Å²) in [5.74, 6) is -0.309. The highest BCUT2D eigenvalue weighted by atomic mass is 35.5. The van der Waals surface area contributed by atoms with Crippen LogP contribution in [0.5, 0.6) is 0 Å². The summed E-state index contributed by atoms with van der Waals surface area (Å²) in [5, 5.41) is 1.91. The van der Waals surface area contributed by atoms with Gasteiger partial charge < -0.3 is 5.32 Å². The molecule has 1 amide bonds. The molecule has 190 valence electrons. The lowest BCUT2D eigenvalue weighted by Gasteiger charge is -2.31. The second-order valence-corrected chi connectivity index (χ2v) is 12.9. The Morgan fingerprint density at radius 3 is 2.28 bits per heavy atom. The van der Waals surface area contributed by atoms with E-state index in [1.165, 1.54) is 34.1 Å². The summed E-state index contributed by atoms with van der Waals surface area (Å²) in [5.41, 5.74) is 1.26. The first-order valence-electron chi connectivity index (χ1n) is 11.2. The molecule has 36 heavy (non-hydrogen) atoms. The Kier molecular flexibility index (Phi) is 7.74. The van der Waals surface area contributed by atoms with E-state index in [-0.39, 0.29) is 15.6 Å². The number of aromatic nitrogens is 2. The van der Waals surface area contributed by atoms with E-state index in [1.807, 2.05) is 18.2 Å². The topological polar surface area (TPSA) is 126 Å². The van der Waals surface area contributed by atoms with Gasteiger partial charge in [0, 0.05) is 25.0 Å². The normalized spacial score (nSPS) is 15.5. The SMILES string of the molecule is CS(=O)(=O)c1ncc(Cl)c(C(=O)Nc2ccc(S(=O)(=O)N3CCC(Cc4ccccc4)CC3)cc2)n1. The van der Waals surface area contributed by atoms with Gasteiger partial charge in [0.1, 0.15) is 0 Å². The van der Waals surface area contributed by atoms with Gasteiger partial charge in [-0.3, -0.25) is 4.79 Å². The van der Waals surface area contributed by atoms with Crippen molar-refractivity contribution in [1.82, 2.24) is 14.3 Å². The number of amides is 1. The number of carbonyl (C=O) groups is 1. The Bertz CT molecular complexity index is 1460. The Labute approximate surface area is 215 Å². The number of sulfone groups is 1. The van der Waals surface area contributed by atoms with Gasteiger partial charge in [-0.15, -0.1) is 0 Å². The van der Waals surface area contributed by atoms with E-state index < -0.39 is 30.9 Å². The predicted molar refractivity (Wildman–Crippen MR) is 136 cm³/mol. The molecule has 9 nitrogen and oxygen atoms in total. The number of nitrogens with one attached hydrogen (secondary N) is 1. The monoisotopic (exact) mass is 548 g/mol. The van der Waals surface area contributed by atoms with Crippen LogP contribution in [0.4, 0.5) is 5.69 Å². The average Bonchev–Trinajstić information content (AvgIpc) is 2.85. The second-order valence-electron chi connectivity index (χ2n) is 8.64. The summed E-state index contributed by atoms with van der Waals surface area (Å²) in [7, 11) is -7.41. The molecule has 1 N–H and O–H groups in total. The number of nitrogens with zero attached hydrogens (tertiary/aromatic N) is 3. The van der Waals surface area contributed by atoms with E-state index in [0.29, 0.717) is 24.7 Å². The van der Waals surface area contributed by atoms with E-state index in [4.69, 9.17) is 11.6 Å². The minimum atomic E-state index is -3.73. The van der Waals surface area contributed by atoms with Crippen molar-refractivity contribution >= 4 is 43.1 Å². The van der Waals surface area contributed by atoms with Crippen LogP contribution in [0.2, 0.25) is 5.02 Å². The van der Waals surface area contributed by atoms with Crippen LogP contribution >= 0.6 is 11.6 Å². The third-order valence-electron chi connectivity index (χ3n) is 5.96. The molecule has 0 aliphatic carbocycles. The fourth-order valence-electron chi connectivity index (χ4n) is 4.04. The zero-order chi connectivity index (χ0) is 25.9. The van der Waals surface area contributed by atoms with Crippen LogP contribution in [-0.4, -0.2) is 56.4 Å². The molecule has 0 saturated carbocycles. The third kappa shape index (κ3) is 6.09. The Morgan fingerprint density at radius 2 is 1.67 bits per heavy atom. The highest BCUT2D eigenvalue weighted by Crippen LogP contribution is 2.27. The number of hydrogen-bond acceptors (Lipinski definition) is 7. The van der Waals surface area contributed by atoms with Crippen LogP contribution in [0.1, 0.15) is 28.9 Å². The highest BCUT2D eigenvalue weighted by Gasteiger charge is 2.29. The quantitative estimate of drug-likeness (QED) is 0.448. The number of hydrogen-bond donors (Lipinski definition) is 1. The van der Waals surface area contributed by atoms with Gasteiger partial charge in [-0.2, -0.15) is 4.31 Å². The van der Waals surface area contributed by atoms with Crippen molar-refractivity contribution in [3.05, 3.63) is 77.1 Å². The van der Waals surface area contributed by atoms with Gasteiger partial charge in [0.15, 0.2) is 5.69 Å². The lowest BCUT2D eigenvalue weighted by atomic mass is 9.91. The Hall–Kier alpha value is -2.86. The summed E-state index contributed by atoms with van der Waals surface area (Å²) in [6.45, 7) is 0.903. The summed E-state index contributed by atoms with van der Waals surface area (Å²) in [6.07, 6.45) is 4.47. The van der Waals surface area contributed by atoms with Gasteiger partial charge in [0.05, 0.1) is 16.1 Å². The lowest BCUT2D eigenvalue weighted by molar-refractivity contribution is 0.102. The van der Waals surface area contributed by atoms with Crippen molar-refractivity contribution < 1.29 is 21.6 Å². The minimum Gasteiger partial charge on any atom is -0.321 e. The molecule has 2 heterocycles. The molecule has 0 bridgehead atoms. The maximum Gasteiger partial charge on any atom is 0.275 e. The Morgan fingerprint density at radius 1 is 1.03 bits per heavy atom. The molecule has 12 heteroatoms. The first kappa shape index (κ1) is 26.2. The molecule has 0 radical (unpaired) electrons. The number of rotatable bonds is 7. The fourth-order valence-corrected chi connectivity index (χ4v) is 6.19. The number of halogens is 1. The van der Waals surface area contributed by atoms with Crippen molar-refractivity contribution in [2.45, 2.75) is 29.3 Å². The molecule has 1 saturated heterocycles. The maximum atomic E-state index is 13.1. The number of piperidine rings is 1. The van der Waals surface area contributed by atoms with Gasteiger partial charge >= 0.3 is 0 Å². The molecular weight excluding hydrogens is 524 g/mol. The molecule has 0 spiro atoms. The largest absolute Gasteiger partial charge is 0.321 e. The minimum absolute atomic E-state index is 0.116. The summed E-state index contributed by atoms with van der Waals surface area (Å²) in [4.78, 5) is 20.1. The van der Waals surface area contributed by atoms with E-state index in [1.54, 1.807) is 0 Å². The van der Waals surface area contributed by atoms with Crippen molar-refractivity contribution in [3.8, 4) is 0 Å². The first-order valence-corrected chi connectivity index (χ1v) is 14.9. The van der Waals surface area contributed by atoms with E-state index in [9.17, 15) is 21.6 Å². The molecule has 3 aromatic rings. The molecule has 0 atom stereocenters. The summed E-state index contributed by atoms with van der Waals surface area (Å²) in [6, 6.07) is 15.9. The van der Waals surface area contributed by atoms with Crippen molar-refractivity contribution in [2.24, 2.45) is 5.92 Å².